The molecule has 3 amide bonds. The minimum Gasteiger partial charge on any atom is -0.465 e. The number of fused-ring (bicyclic) bond motifs is 1. The van der Waals surface area contributed by atoms with Crippen LogP contribution in [0, 0.1) is 0 Å². The molecule has 0 fully saturated rings. The fourth-order valence-corrected chi connectivity index (χ4v) is 3.80. The lowest BCUT2D eigenvalue weighted by atomic mass is 10.1. The summed E-state index contributed by atoms with van der Waals surface area (Å²) in [6, 6.07) is 9.76. The molecule has 0 bridgehead atoms. The number of ether oxygens (including phenoxy) is 1. The van der Waals surface area contributed by atoms with Gasteiger partial charge in [-0.15, -0.1) is 0 Å². The third kappa shape index (κ3) is 4.20. The number of hydrogen-bond acceptors (Lipinski definition) is 6. The molecule has 1 unspecified atom stereocenters. The van der Waals surface area contributed by atoms with E-state index in [1.54, 1.807) is 24.3 Å². The molecular weight excluding hydrogens is 428 g/mol. The normalized spacial score (nSPS) is 13.8. The number of methoxy groups -OCH3 is 1. The summed E-state index contributed by atoms with van der Waals surface area (Å²) in [6.45, 7) is 0. The minimum atomic E-state index is -1.03. The number of halogens is 1. The molecule has 0 aromatic heterocycles. The summed E-state index contributed by atoms with van der Waals surface area (Å²) in [6.07, 6.45) is 2.14. The van der Waals surface area contributed by atoms with Crippen LogP contribution in [0.25, 0.3) is 0 Å². The van der Waals surface area contributed by atoms with Crippen LogP contribution >= 0.6 is 23.4 Å². The third-order valence-electron chi connectivity index (χ3n) is 4.68. The Hall–Kier alpha value is -2.84. The molecule has 7 nitrogen and oxygen atoms in total. The molecule has 1 aliphatic rings. The fourth-order valence-electron chi connectivity index (χ4n) is 3.18. The number of esters is 1. The Morgan fingerprint density at radius 1 is 1.13 bits per heavy atom. The van der Waals surface area contributed by atoms with Crippen LogP contribution in [0.15, 0.2) is 42.5 Å². The van der Waals surface area contributed by atoms with Crippen molar-refractivity contribution in [1.29, 1.82) is 0 Å². The largest absolute Gasteiger partial charge is 0.465 e. The molecule has 0 spiro atoms. The molecule has 9 heteroatoms. The second-order valence-electron chi connectivity index (χ2n) is 6.50. The van der Waals surface area contributed by atoms with Gasteiger partial charge in [-0.2, -0.15) is 11.8 Å². The van der Waals surface area contributed by atoms with Crippen LogP contribution < -0.4 is 5.32 Å². The second-order valence-corrected chi connectivity index (χ2v) is 7.89. The van der Waals surface area contributed by atoms with Crippen LogP contribution in [0.3, 0.4) is 0 Å². The van der Waals surface area contributed by atoms with Gasteiger partial charge in [-0.25, -0.2) is 4.79 Å². The maximum atomic E-state index is 13.1. The monoisotopic (exact) mass is 446 g/mol. The Morgan fingerprint density at radius 3 is 2.33 bits per heavy atom. The van der Waals surface area contributed by atoms with Gasteiger partial charge in [0.2, 0.25) is 5.91 Å². The molecule has 1 aliphatic heterocycles. The van der Waals surface area contributed by atoms with Gasteiger partial charge in [0, 0.05) is 0 Å². The van der Waals surface area contributed by atoms with E-state index in [-0.39, 0.29) is 33.8 Å². The zero-order chi connectivity index (χ0) is 21.8. The van der Waals surface area contributed by atoms with Crippen molar-refractivity contribution in [1.82, 2.24) is 4.90 Å². The number of nitrogens with zero attached hydrogens (tertiary/aromatic N) is 1. The Balaban J connectivity index is 1.90. The van der Waals surface area contributed by atoms with Gasteiger partial charge in [0.15, 0.2) is 0 Å². The van der Waals surface area contributed by atoms with E-state index in [4.69, 9.17) is 11.6 Å². The van der Waals surface area contributed by atoms with E-state index in [2.05, 4.69) is 10.1 Å². The first-order chi connectivity index (χ1) is 14.4. The van der Waals surface area contributed by atoms with Gasteiger partial charge in [-0.3, -0.25) is 19.3 Å². The van der Waals surface area contributed by atoms with Gasteiger partial charge in [0.05, 0.1) is 34.5 Å². The van der Waals surface area contributed by atoms with Crippen molar-refractivity contribution in [2.24, 2.45) is 0 Å². The molecular formula is C21H19ClN2O5S. The molecule has 2 aromatic carbocycles. The van der Waals surface area contributed by atoms with E-state index in [0.717, 1.165) is 4.90 Å². The smallest absolute Gasteiger partial charge is 0.337 e. The quantitative estimate of drug-likeness (QED) is 0.517. The van der Waals surface area contributed by atoms with E-state index < -0.39 is 29.7 Å². The first-order valence-electron chi connectivity index (χ1n) is 9.03. The standard InChI is InChI=1S/C21H19ClN2O5S/c1-29-21(28)12-7-8-15(22)16(11-12)23-18(25)17(9-10-30-2)24-19(26)13-5-3-4-6-14(13)20(24)27/h3-8,11,17H,9-10H2,1-2H3,(H,23,25). The topological polar surface area (TPSA) is 92.8 Å². The van der Waals surface area contributed by atoms with Crippen molar-refractivity contribution in [2.45, 2.75) is 12.5 Å². The summed E-state index contributed by atoms with van der Waals surface area (Å²) in [5, 5.41) is 2.86. The first-order valence-corrected chi connectivity index (χ1v) is 10.8. The van der Waals surface area contributed by atoms with Crippen LogP contribution in [0.4, 0.5) is 5.69 Å². The Labute approximate surface area is 182 Å². The summed E-state index contributed by atoms with van der Waals surface area (Å²) in [5.41, 5.74) is 0.944. The van der Waals surface area contributed by atoms with Crippen molar-refractivity contribution in [3.63, 3.8) is 0 Å². The molecule has 30 heavy (non-hydrogen) atoms. The highest BCUT2D eigenvalue weighted by Crippen LogP contribution is 2.28. The zero-order valence-electron chi connectivity index (χ0n) is 16.3. The highest BCUT2D eigenvalue weighted by Gasteiger charge is 2.42. The predicted molar refractivity (Wildman–Crippen MR) is 115 cm³/mol. The van der Waals surface area contributed by atoms with Gasteiger partial charge in [0.1, 0.15) is 6.04 Å². The maximum Gasteiger partial charge on any atom is 0.337 e. The van der Waals surface area contributed by atoms with E-state index >= 15 is 0 Å². The number of nitrogens with one attached hydrogen (secondary N) is 1. The number of rotatable bonds is 7. The van der Waals surface area contributed by atoms with Gasteiger partial charge in [-0.1, -0.05) is 23.7 Å². The highest BCUT2D eigenvalue weighted by molar-refractivity contribution is 7.98. The van der Waals surface area contributed by atoms with E-state index in [1.165, 1.54) is 37.1 Å². The molecule has 156 valence electrons. The average molecular weight is 447 g/mol. The Morgan fingerprint density at radius 2 is 1.77 bits per heavy atom. The Bertz CT molecular complexity index is 991. The lowest BCUT2D eigenvalue weighted by Gasteiger charge is -2.25. The number of carbonyl (C=O) groups is 4. The lowest BCUT2D eigenvalue weighted by molar-refractivity contribution is -0.120. The number of hydrogen-bond donors (Lipinski definition) is 1. The van der Waals surface area contributed by atoms with Crippen LogP contribution in [-0.2, 0) is 9.53 Å². The number of anilines is 1. The molecule has 2 aromatic rings. The minimum absolute atomic E-state index is 0.190. The molecule has 0 saturated heterocycles. The molecule has 1 atom stereocenters. The van der Waals surface area contributed by atoms with Crippen LogP contribution in [0.1, 0.15) is 37.5 Å². The molecule has 0 radical (unpaired) electrons. The molecule has 1 heterocycles. The summed E-state index contributed by atoms with van der Waals surface area (Å²) < 4.78 is 4.69. The predicted octanol–water partition coefficient (Wildman–Crippen LogP) is 3.48. The van der Waals surface area contributed by atoms with Gasteiger partial charge in [-0.05, 0) is 48.8 Å². The average Bonchev–Trinajstić information content (AvgIpc) is 3.00. The first kappa shape index (κ1) is 21.9. The SMILES string of the molecule is COC(=O)c1ccc(Cl)c(NC(=O)C(CCSC)N2C(=O)c3ccccc3C2=O)c1. The number of imide groups is 1. The third-order valence-corrected chi connectivity index (χ3v) is 5.65. The maximum absolute atomic E-state index is 13.1. The summed E-state index contributed by atoms with van der Waals surface area (Å²) >= 11 is 7.66. The van der Waals surface area contributed by atoms with Gasteiger partial charge in [0.25, 0.3) is 11.8 Å². The number of benzene rings is 2. The number of carbonyl (C=O) groups excluding carboxylic acids is 4. The van der Waals surface area contributed by atoms with Gasteiger partial charge >= 0.3 is 5.97 Å². The Kier molecular flexibility index (Phi) is 6.79. The summed E-state index contributed by atoms with van der Waals surface area (Å²) in [7, 11) is 1.25. The summed E-state index contributed by atoms with van der Waals surface area (Å²) in [5.74, 6) is -1.61. The van der Waals surface area contributed by atoms with E-state index in [0.29, 0.717) is 5.75 Å². The fraction of sp³-hybridized carbons (Fsp3) is 0.238. The van der Waals surface area contributed by atoms with Crippen molar-refractivity contribution in [3.05, 3.63) is 64.2 Å². The van der Waals surface area contributed by atoms with E-state index in [9.17, 15) is 19.2 Å². The summed E-state index contributed by atoms with van der Waals surface area (Å²) in [4.78, 5) is 51.6. The molecule has 0 aliphatic carbocycles. The second kappa shape index (κ2) is 9.32. The van der Waals surface area contributed by atoms with Crippen LogP contribution in [0.5, 0.6) is 0 Å². The molecule has 1 N–H and O–H groups in total. The van der Waals surface area contributed by atoms with Crippen LogP contribution in [-0.4, -0.2) is 53.8 Å². The van der Waals surface area contributed by atoms with Crippen molar-refractivity contribution in [3.8, 4) is 0 Å². The number of thioether (sulfide) groups is 1. The van der Waals surface area contributed by atoms with Crippen molar-refractivity contribution >= 4 is 52.7 Å². The highest BCUT2D eigenvalue weighted by atomic mass is 35.5. The van der Waals surface area contributed by atoms with Crippen LogP contribution in [0.2, 0.25) is 5.02 Å². The molecule has 0 saturated carbocycles. The molecule has 3 rings (SSSR count). The van der Waals surface area contributed by atoms with Gasteiger partial charge < -0.3 is 10.1 Å². The van der Waals surface area contributed by atoms with Crippen molar-refractivity contribution in [2.75, 3.05) is 24.4 Å². The van der Waals surface area contributed by atoms with Crippen molar-refractivity contribution < 1.29 is 23.9 Å². The zero-order valence-corrected chi connectivity index (χ0v) is 17.9. The number of amides is 3. The lowest BCUT2D eigenvalue weighted by Crippen LogP contribution is -2.47. The van der Waals surface area contributed by atoms with E-state index in [1.807, 2.05) is 6.26 Å².